The van der Waals surface area contributed by atoms with E-state index in [1.54, 1.807) is 0 Å². The van der Waals surface area contributed by atoms with E-state index in [1.165, 1.54) is 12.1 Å². The Kier molecular flexibility index (Phi) is 3.63. The van der Waals surface area contributed by atoms with Gasteiger partial charge in [0.05, 0.1) is 11.7 Å². The van der Waals surface area contributed by atoms with Gasteiger partial charge in [0.25, 0.3) is 0 Å². The molecule has 1 aromatic heterocycles. The lowest BCUT2D eigenvalue weighted by atomic mass is 10.1. The summed E-state index contributed by atoms with van der Waals surface area (Å²) in [6.07, 6.45) is 0.939. The van der Waals surface area contributed by atoms with Crippen LogP contribution in [0.15, 0.2) is 18.2 Å². The molecule has 0 atom stereocenters. The first-order valence-electron chi connectivity index (χ1n) is 5.23. The van der Waals surface area contributed by atoms with Crippen LogP contribution in [0.5, 0.6) is 0 Å². The molecular formula is C11H11F2N3S. The molecule has 0 saturated heterocycles. The Morgan fingerprint density at radius 3 is 2.53 bits per heavy atom. The van der Waals surface area contributed by atoms with Crippen molar-refractivity contribution in [1.29, 1.82) is 0 Å². The topological polar surface area (TPSA) is 37.8 Å². The third-order valence-electron chi connectivity index (χ3n) is 2.17. The zero-order valence-corrected chi connectivity index (χ0v) is 10.0. The van der Waals surface area contributed by atoms with E-state index in [2.05, 4.69) is 14.1 Å². The van der Waals surface area contributed by atoms with E-state index in [0.29, 0.717) is 17.1 Å². The number of hydrogen-bond donors (Lipinski definition) is 1. The summed E-state index contributed by atoms with van der Waals surface area (Å²) in [6, 6.07) is 3.33. The van der Waals surface area contributed by atoms with Crippen LogP contribution in [0.2, 0.25) is 0 Å². The van der Waals surface area contributed by atoms with E-state index in [4.69, 9.17) is 0 Å². The summed E-state index contributed by atoms with van der Waals surface area (Å²) in [5, 5.41) is 3.07. The SMILES string of the molecule is CCCNc1nsnc1-c1cc(F)cc(F)c1. The average molecular weight is 255 g/mol. The first kappa shape index (κ1) is 11.9. The van der Waals surface area contributed by atoms with Gasteiger partial charge in [-0.25, -0.2) is 8.78 Å². The van der Waals surface area contributed by atoms with Gasteiger partial charge in [0.1, 0.15) is 17.3 Å². The maximum Gasteiger partial charge on any atom is 0.168 e. The van der Waals surface area contributed by atoms with Crippen LogP contribution in [0.3, 0.4) is 0 Å². The van der Waals surface area contributed by atoms with Gasteiger partial charge in [0, 0.05) is 18.2 Å². The van der Waals surface area contributed by atoms with Crippen molar-refractivity contribution in [3.8, 4) is 11.3 Å². The van der Waals surface area contributed by atoms with Crippen molar-refractivity contribution in [2.45, 2.75) is 13.3 Å². The molecule has 0 spiro atoms. The van der Waals surface area contributed by atoms with Crippen LogP contribution in [0.1, 0.15) is 13.3 Å². The fraction of sp³-hybridized carbons (Fsp3) is 0.273. The molecule has 0 fully saturated rings. The van der Waals surface area contributed by atoms with Crippen molar-refractivity contribution < 1.29 is 8.78 Å². The zero-order chi connectivity index (χ0) is 12.3. The molecule has 0 saturated carbocycles. The van der Waals surface area contributed by atoms with E-state index >= 15 is 0 Å². The van der Waals surface area contributed by atoms with Gasteiger partial charge in [0.2, 0.25) is 0 Å². The molecule has 1 aromatic carbocycles. The predicted molar refractivity (Wildman–Crippen MR) is 64.0 cm³/mol. The van der Waals surface area contributed by atoms with Crippen LogP contribution in [0, 0.1) is 11.6 Å². The molecule has 0 radical (unpaired) electrons. The molecule has 6 heteroatoms. The molecule has 3 nitrogen and oxygen atoms in total. The highest BCUT2D eigenvalue weighted by Crippen LogP contribution is 2.27. The quantitative estimate of drug-likeness (QED) is 0.910. The molecule has 1 N–H and O–H groups in total. The van der Waals surface area contributed by atoms with Crippen LogP contribution in [-0.4, -0.2) is 15.3 Å². The highest BCUT2D eigenvalue weighted by Gasteiger charge is 2.12. The molecule has 2 rings (SSSR count). The fourth-order valence-electron chi connectivity index (χ4n) is 1.43. The van der Waals surface area contributed by atoms with E-state index in [-0.39, 0.29) is 0 Å². The molecule has 0 aliphatic heterocycles. The van der Waals surface area contributed by atoms with Crippen molar-refractivity contribution in [3.05, 3.63) is 29.8 Å². The summed E-state index contributed by atoms with van der Waals surface area (Å²) in [5.74, 6) is -0.661. The van der Waals surface area contributed by atoms with Gasteiger partial charge in [-0.2, -0.15) is 8.75 Å². The van der Waals surface area contributed by atoms with Gasteiger partial charge >= 0.3 is 0 Å². The van der Waals surface area contributed by atoms with Crippen molar-refractivity contribution in [2.24, 2.45) is 0 Å². The Morgan fingerprint density at radius 1 is 1.18 bits per heavy atom. The van der Waals surface area contributed by atoms with Crippen LogP contribution in [0.25, 0.3) is 11.3 Å². The lowest BCUT2D eigenvalue weighted by Gasteiger charge is -2.03. The number of benzene rings is 1. The normalized spacial score (nSPS) is 10.5. The van der Waals surface area contributed by atoms with Crippen LogP contribution in [-0.2, 0) is 0 Å². The Balaban J connectivity index is 2.35. The van der Waals surface area contributed by atoms with Gasteiger partial charge < -0.3 is 5.32 Å². The van der Waals surface area contributed by atoms with Gasteiger partial charge in [-0.3, -0.25) is 0 Å². The number of anilines is 1. The average Bonchev–Trinajstić information content (AvgIpc) is 2.73. The molecular weight excluding hydrogens is 244 g/mol. The lowest BCUT2D eigenvalue weighted by molar-refractivity contribution is 0.584. The number of halogens is 2. The number of aromatic nitrogens is 2. The van der Waals surface area contributed by atoms with Crippen molar-refractivity contribution >= 4 is 17.5 Å². The number of hydrogen-bond acceptors (Lipinski definition) is 4. The second kappa shape index (κ2) is 5.18. The Labute approximate surface area is 102 Å². The highest BCUT2D eigenvalue weighted by molar-refractivity contribution is 6.99. The van der Waals surface area contributed by atoms with Crippen molar-refractivity contribution in [2.75, 3.05) is 11.9 Å². The molecule has 1 heterocycles. The zero-order valence-electron chi connectivity index (χ0n) is 9.20. The molecule has 2 aromatic rings. The van der Waals surface area contributed by atoms with Gasteiger partial charge in [-0.15, -0.1) is 0 Å². The maximum atomic E-state index is 13.1. The second-order valence-corrected chi connectivity index (χ2v) is 4.07. The second-order valence-electron chi connectivity index (χ2n) is 3.55. The highest BCUT2D eigenvalue weighted by atomic mass is 32.1. The molecule has 0 aliphatic carbocycles. The first-order valence-corrected chi connectivity index (χ1v) is 5.96. The van der Waals surface area contributed by atoms with Gasteiger partial charge in [0.15, 0.2) is 5.82 Å². The van der Waals surface area contributed by atoms with Crippen molar-refractivity contribution in [1.82, 2.24) is 8.75 Å². The van der Waals surface area contributed by atoms with Crippen LogP contribution >= 0.6 is 11.7 Å². The summed E-state index contributed by atoms with van der Waals surface area (Å²) in [6.45, 7) is 2.77. The smallest absolute Gasteiger partial charge is 0.168 e. The van der Waals surface area contributed by atoms with Crippen molar-refractivity contribution in [3.63, 3.8) is 0 Å². The largest absolute Gasteiger partial charge is 0.367 e. The minimum atomic E-state index is -0.616. The van der Waals surface area contributed by atoms with E-state index in [1.807, 2.05) is 6.92 Å². The van der Waals surface area contributed by atoms with E-state index in [9.17, 15) is 8.78 Å². The van der Waals surface area contributed by atoms with E-state index in [0.717, 1.165) is 30.8 Å². The first-order chi connectivity index (χ1) is 8.20. The monoisotopic (exact) mass is 255 g/mol. The number of rotatable bonds is 4. The Bertz CT molecular complexity index is 493. The molecule has 90 valence electrons. The Morgan fingerprint density at radius 2 is 1.88 bits per heavy atom. The summed E-state index contributed by atoms with van der Waals surface area (Å²) in [4.78, 5) is 0. The predicted octanol–water partition coefficient (Wildman–Crippen LogP) is 3.31. The minimum absolute atomic E-state index is 0.398. The number of nitrogens with zero attached hydrogens (tertiary/aromatic N) is 2. The summed E-state index contributed by atoms with van der Waals surface area (Å²) in [5.41, 5.74) is 0.886. The standard InChI is InChI=1S/C11H11F2N3S/c1-2-3-14-11-10(15-17-16-11)7-4-8(12)6-9(13)5-7/h4-6H,2-3H2,1H3,(H,14,16). The fourth-order valence-corrected chi connectivity index (χ4v) is 1.97. The molecule has 0 bridgehead atoms. The molecule has 17 heavy (non-hydrogen) atoms. The molecule has 0 amide bonds. The lowest BCUT2D eigenvalue weighted by Crippen LogP contribution is -2.01. The van der Waals surface area contributed by atoms with Gasteiger partial charge in [-0.05, 0) is 18.6 Å². The summed E-state index contributed by atoms with van der Waals surface area (Å²) < 4.78 is 34.3. The van der Waals surface area contributed by atoms with E-state index < -0.39 is 11.6 Å². The number of nitrogens with one attached hydrogen (secondary N) is 1. The van der Waals surface area contributed by atoms with Crippen LogP contribution < -0.4 is 5.32 Å². The van der Waals surface area contributed by atoms with Gasteiger partial charge in [-0.1, -0.05) is 6.92 Å². The van der Waals surface area contributed by atoms with Crippen LogP contribution in [0.4, 0.5) is 14.6 Å². The Hall–Kier alpha value is -1.56. The minimum Gasteiger partial charge on any atom is -0.367 e. The summed E-state index contributed by atoms with van der Waals surface area (Å²) in [7, 11) is 0. The molecule has 0 aliphatic rings. The summed E-state index contributed by atoms with van der Waals surface area (Å²) >= 11 is 1.02. The third kappa shape index (κ3) is 2.76. The molecule has 0 unspecified atom stereocenters. The maximum absolute atomic E-state index is 13.1. The third-order valence-corrected chi connectivity index (χ3v) is 2.70.